The van der Waals surface area contributed by atoms with Crippen molar-refractivity contribution >= 4 is 11.8 Å². The van der Waals surface area contributed by atoms with Crippen molar-refractivity contribution < 1.29 is 14.1 Å². The van der Waals surface area contributed by atoms with E-state index < -0.39 is 0 Å². The molecule has 3 rings (SSSR count). The van der Waals surface area contributed by atoms with Crippen LogP contribution in [0.15, 0.2) is 4.52 Å². The molecule has 0 N–H and O–H groups in total. The van der Waals surface area contributed by atoms with E-state index in [1.807, 2.05) is 23.8 Å². The molecule has 0 spiro atoms. The molecule has 2 atom stereocenters. The largest absolute Gasteiger partial charge is 0.341 e. The third-order valence-corrected chi connectivity index (χ3v) is 5.22. The highest BCUT2D eigenvalue weighted by Gasteiger charge is 2.39. The topological polar surface area (TPSA) is 79.5 Å². The van der Waals surface area contributed by atoms with E-state index in [1.54, 1.807) is 0 Å². The Bertz CT molecular complexity index is 600. The van der Waals surface area contributed by atoms with E-state index in [4.69, 9.17) is 4.52 Å². The van der Waals surface area contributed by atoms with Gasteiger partial charge in [0.25, 0.3) is 0 Å². The summed E-state index contributed by atoms with van der Waals surface area (Å²) in [7, 11) is 1.88. The first kappa shape index (κ1) is 16.9. The molecule has 0 aliphatic carbocycles. The Balaban J connectivity index is 1.63. The molecular formula is C17H26N4O3. The molecule has 0 unspecified atom stereocenters. The Morgan fingerprint density at radius 2 is 2.08 bits per heavy atom. The number of likely N-dealkylation sites (tertiary alicyclic amines) is 2. The Morgan fingerprint density at radius 1 is 1.29 bits per heavy atom. The van der Waals surface area contributed by atoms with E-state index in [0.717, 1.165) is 38.6 Å². The molecule has 7 heteroatoms. The maximum Gasteiger partial charge on any atom is 0.227 e. The zero-order valence-corrected chi connectivity index (χ0v) is 14.5. The zero-order valence-electron chi connectivity index (χ0n) is 14.5. The molecular weight excluding hydrogens is 308 g/mol. The van der Waals surface area contributed by atoms with Gasteiger partial charge in [-0.1, -0.05) is 12.1 Å². The predicted molar refractivity (Wildman–Crippen MR) is 87.1 cm³/mol. The number of nitrogens with zero attached hydrogens (tertiary/aromatic N) is 4. The number of aryl methyl sites for hydroxylation is 2. The molecule has 0 aromatic carbocycles. The van der Waals surface area contributed by atoms with Crippen LogP contribution in [-0.2, 0) is 22.4 Å². The number of carbonyl (C=O) groups excluding carboxylic acids is 2. The molecule has 7 nitrogen and oxygen atoms in total. The van der Waals surface area contributed by atoms with Crippen LogP contribution in [0.2, 0.25) is 0 Å². The van der Waals surface area contributed by atoms with Crippen LogP contribution >= 0.6 is 0 Å². The molecule has 132 valence electrons. The summed E-state index contributed by atoms with van der Waals surface area (Å²) >= 11 is 0. The smallest absolute Gasteiger partial charge is 0.227 e. The van der Waals surface area contributed by atoms with Gasteiger partial charge in [0.1, 0.15) is 0 Å². The minimum absolute atomic E-state index is 0.128. The molecule has 0 saturated carbocycles. The van der Waals surface area contributed by atoms with Gasteiger partial charge in [-0.2, -0.15) is 4.98 Å². The Labute approximate surface area is 142 Å². The lowest BCUT2D eigenvalue weighted by Gasteiger charge is -2.43. The quantitative estimate of drug-likeness (QED) is 0.835. The number of aromatic nitrogens is 2. The van der Waals surface area contributed by atoms with Crippen molar-refractivity contribution in [3.05, 3.63) is 11.7 Å². The SMILES string of the molecule is CCc1noc(CCC(=O)N2CCC[C@@H]3[C@H]2CCCC(=O)N3C)n1. The highest BCUT2D eigenvalue weighted by Crippen LogP contribution is 2.29. The summed E-state index contributed by atoms with van der Waals surface area (Å²) in [6.07, 6.45) is 5.89. The second-order valence-electron chi connectivity index (χ2n) is 6.72. The van der Waals surface area contributed by atoms with Gasteiger partial charge in [-0.25, -0.2) is 0 Å². The zero-order chi connectivity index (χ0) is 17.1. The van der Waals surface area contributed by atoms with Crippen LogP contribution in [0.5, 0.6) is 0 Å². The summed E-state index contributed by atoms with van der Waals surface area (Å²) in [4.78, 5) is 32.9. The van der Waals surface area contributed by atoms with E-state index in [9.17, 15) is 9.59 Å². The van der Waals surface area contributed by atoms with Gasteiger partial charge in [0.2, 0.25) is 17.7 Å². The number of fused-ring (bicyclic) bond motifs is 1. The van der Waals surface area contributed by atoms with Crippen LogP contribution in [0, 0.1) is 0 Å². The summed E-state index contributed by atoms with van der Waals surface area (Å²) < 4.78 is 5.17. The van der Waals surface area contributed by atoms with Crippen LogP contribution < -0.4 is 0 Å². The van der Waals surface area contributed by atoms with Crippen LogP contribution in [-0.4, -0.2) is 57.4 Å². The van der Waals surface area contributed by atoms with Gasteiger partial charge < -0.3 is 14.3 Å². The number of rotatable bonds is 4. The second kappa shape index (κ2) is 7.32. The Hall–Kier alpha value is -1.92. The fraction of sp³-hybridized carbons (Fsp3) is 0.765. The molecule has 2 saturated heterocycles. The van der Waals surface area contributed by atoms with Gasteiger partial charge in [0, 0.05) is 39.3 Å². The number of amides is 2. The minimum atomic E-state index is 0.128. The van der Waals surface area contributed by atoms with Gasteiger partial charge in [-0.15, -0.1) is 0 Å². The van der Waals surface area contributed by atoms with Crippen molar-refractivity contribution in [3.8, 4) is 0 Å². The maximum absolute atomic E-state index is 12.7. The average Bonchev–Trinajstić information content (AvgIpc) is 3.01. The fourth-order valence-electron chi connectivity index (χ4n) is 3.86. The minimum Gasteiger partial charge on any atom is -0.341 e. The molecule has 3 heterocycles. The third-order valence-electron chi connectivity index (χ3n) is 5.22. The average molecular weight is 334 g/mol. The van der Waals surface area contributed by atoms with Crippen molar-refractivity contribution in [3.63, 3.8) is 0 Å². The standard InChI is InChI=1S/C17H26N4O3/c1-3-14-18-15(24-19-14)9-10-17(23)21-11-5-7-12-13(21)6-4-8-16(22)20(12)2/h12-13H,3-11H2,1-2H3/t12-,13-/m1/s1. The molecule has 2 amide bonds. The number of piperidine rings is 1. The first-order chi connectivity index (χ1) is 11.6. The molecule has 24 heavy (non-hydrogen) atoms. The van der Waals surface area contributed by atoms with Crippen molar-refractivity contribution in [2.24, 2.45) is 0 Å². The van der Waals surface area contributed by atoms with Crippen molar-refractivity contribution in [1.82, 2.24) is 19.9 Å². The molecule has 0 bridgehead atoms. The van der Waals surface area contributed by atoms with Gasteiger partial charge in [-0.05, 0) is 25.7 Å². The van der Waals surface area contributed by atoms with Gasteiger partial charge in [0.15, 0.2) is 5.82 Å². The molecule has 0 radical (unpaired) electrons. The summed E-state index contributed by atoms with van der Waals surface area (Å²) in [6, 6.07) is 0.310. The molecule has 1 aromatic rings. The molecule has 1 aromatic heterocycles. The predicted octanol–water partition coefficient (Wildman–Crippen LogP) is 1.57. The number of hydrogen-bond acceptors (Lipinski definition) is 5. The lowest BCUT2D eigenvalue weighted by atomic mass is 9.92. The normalized spacial score (nSPS) is 24.7. The Kier molecular flexibility index (Phi) is 5.16. The van der Waals surface area contributed by atoms with E-state index in [1.165, 1.54) is 0 Å². The lowest BCUT2D eigenvalue weighted by molar-refractivity contribution is -0.141. The highest BCUT2D eigenvalue weighted by atomic mass is 16.5. The van der Waals surface area contributed by atoms with E-state index in [0.29, 0.717) is 31.0 Å². The van der Waals surface area contributed by atoms with Crippen LogP contribution in [0.4, 0.5) is 0 Å². The van der Waals surface area contributed by atoms with Crippen LogP contribution in [0.1, 0.15) is 57.2 Å². The second-order valence-corrected chi connectivity index (χ2v) is 6.72. The van der Waals surface area contributed by atoms with Gasteiger partial charge in [-0.3, -0.25) is 9.59 Å². The fourth-order valence-corrected chi connectivity index (χ4v) is 3.86. The van der Waals surface area contributed by atoms with E-state index >= 15 is 0 Å². The number of likely N-dealkylation sites (N-methyl/N-ethyl adjacent to an activating group) is 1. The van der Waals surface area contributed by atoms with Crippen LogP contribution in [0.3, 0.4) is 0 Å². The molecule has 2 aliphatic rings. The molecule has 2 fully saturated rings. The van der Waals surface area contributed by atoms with E-state index in [-0.39, 0.29) is 23.9 Å². The maximum atomic E-state index is 12.7. The monoisotopic (exact) mass is 334 g/mol. The van der Waals surface area contributed by atoms with Crippen molar-refractivity contribution in [2.75, 3.05) is 13.6 Å². The Morgan fingerprint density at radius 3 is 2.83 bits per heavy atom. The first-order valence-corrected chi connectivity index (χ1v) is 8.96. The van der Waals surface area contributed by atoms with Gasteiger partial charge >= 0.3 is 0 Å². The summed E-state index contributed by atoms with van der Waals surface area (Å²) in [5, 5.41) is 3.87. The summed E-state index contributed by atoms with van der Waals surface area (Å²) in [5.74, 6) is 1.54. The van der Waals surface area contributed by atoms with Crippen molar-refractivity contribution in [2.45, 2.75) is 70.4 Å². The van der Waals surface area contributed by atoms with Crippen LogP contribution in [0.25, 0.3) is 0 Å². The summed E-state index contributed by atoms with van der Waals surface area (Å²) in [6.45, 7) is 2.75. The van der Waals surface area contributed by atoms with Gasteiger partial charge in [0.05, 0.1) is 12.1 Å². The highest BCUT2D eigenvalue weighted by molar-refractivity contribution is 5.78. The number of hydrogen-bond donors (Lipinski definition) is 0. The molecule has 2 aliphatic heterocycles. The summed E-state index contributed by atoms with van der Waals surface area (Å²) in [5.41, 5.74) is 0. The number of carbonyl (C=O) groups is 2. The van der Waals surface area contributed by atoms with E-state index in [2.05, 4.69) is 10.1 Å². The lowest BCUT2D eigenvalue weighted by Crippen LogP contribution is -2.56. The van der Waals surface area contributed by atoms with Crippen molar-refractivity contribution in [1.29, 1.82) is 0 Å². The third kappa shape index (κ3) is 3.44. The first-order valence-electron chi connectivity index (χ1n) is 8.96.